The Morgan fingerprint density at radius 2 is 1.74 bits per heavy atom. The Morgan fingerprint density at radius 3 is 2.35 bits per heavy atom. The molecule has 8 heteroatoms. The van der Waals surface area contributed by atoms with Crippen LogP contribution < -0.4 is 15.4 Å². The van der Waals surface area contributed by atoms with Gasteiger partial charge in [-0.2, -0.15) is 0 Å². The molecule has 0 spiro atoms. The molecule has 0 aliphatic heterocycles. The molecule has 3 nitrogen and oxygen atoms in total. The summed E-state index contributed by atoms with van der Waals surface area (Å²) in [6.45, 7) is 1.89. The summed E-state index contributed by atoms with van der Waals surface area (Å²) in [5.74, 6) is -0.299. The van der Waals surface area contributed by atoms with E-state index in [0.29, 0.717) is 15.8 Å². The van der Waals surface area contributed by atoms with Gasteiger partial charge in [0.25, 0.3) is 0 Å². The minimum atomic E-state index is -4.71. The fourth-order valence-electron chi connectivity index (χ4n) is 1.75. The van der Waals surface area contributed by atoms with Crippen LogP contribution in [0.15, 0.2) is 42.5 Å². The highest BCUT2D eigenvalue weighted by Gasteiger charge is 2.30. The van der Waals surface area contributed by atoms with Crippen molar-refractivity contribution in [1.82, 2.24) is 0 Å². The van der Waals surface area contributed by atoms with E-state index in [-0.39, 0.29) is 5.75 Å². The summed E-state index contributed by atoms with van der Waals surface area (Å²) < 4.78 is 40.1. The molecule has 0 unspecified atom stereocenters. The van der Waals surface area contributed by atoms with Crippen molar-refractivity contribution in [2.45, 2.75) is 13.3 Å². The molecular formula is C15H12ClF3N2OS. The summed E-state index contributed by atoms with van der Waals surface area (Å²) in [6, 6.07) is 10.6. The van der Waals surface area contributed by atoms with Crippen LogP contribution in [0, 0.1) is 6.92 Å². The summed E-state index contributed by atoms with van der Waals surface area (Å²) >= 11 is 11.1. The summed E-state index contributed by atoms with van der Waals surface area (Å²) in [7, 11) is 0. The minimum Gasteiger partial charge on any atom is -0.406 e. The van der Waals surface area contributed by atoms with E-state index in [4.69, 9.17) is 23.8 Å². The fraction of sp³-hybridized carbons (Fsp3) is 0.133. The molecule has 2 aromatic carbocycles. The lowest BCUT2D eigenvalue weighted by atomic mass is 10.2. The molecule has 122 valence electrons. The van der Waals surface area contributed by atoms with Crippen LogP contribution in [0.25, 0.3) is 0 Å². The van der Waals surface area contributed by atoms with Crippen LogP contribution in [0.3, 0.4) is 0 Å². The van der Waals surface area contributed by atoms with Crippen LogP contribution >= 0.6 is 23.8 Å². The number of benzene rings is 2. The molecule has 0 aromatic heterocycles. The average Bonchev–Trinajstić information content (AvgIpc) is 2.43. The lowest BCUT2D eigenvalue weighted by molar-refractivity contribution is -0.274. The lowest BCUT2D eigenvalue weighted by Gasteiger charge is -2.13. The van der Waals surface area contributed by atoms with Gasteiger partial charge in [0, 0.05) is 16.4 Å². The van der Waals surface area contributed by atoms with E-state index in [1.165, 1.54) is 24.3 Å². The van der Waals surface area contributed by atoms with Crippen LogP contribution in [-0.2, 0) is 0 Å². The number of halogens is 4. The number of hydrogen-bond acceptors (Lipinski definition) is 2. The summed E-state index contributed by atoms with van der Waals surface area (Å²) in [5, 5.41) is 6.70. The van der Waals surface area contributed by atoms with Crippen LogP contribution in [0.2, 0.25) is 5.02 Å². The second-order valence-corrected chi connectivity index (χ2v) is 5.46. The summed E-state index contributed by atoms with van der Waals surface area (Å²) in [6.07, 6.45) is -4.71. The quantitative estimate of drug-likeness (QED) is 0.722. The summed E-state index contributed by atoms with van der Waals surface area (Å²) in [5.41, 5.74) is 2.22. The molecule has 0 amide bonds. The predicted octanol–water partition coefficient (Wildman–Crippen LogP) is 5.36. The third-order valence-electron chi connectivity index (χ3n) is 2.79. The van der Waals surface area contributed by atoms with Gasteiger partial charge in [-0.3, -0.25) is 0 Å². The SMILES string of the molecule is Cc1ccc(Cl)cc1NC(=S)Nc1ccc(OC(F)(F)F)cc1. The molecule has 2 rings (SSSR count). The standard InChI is InChI=1S/C15H12ClF3N2OS/c1-9-2-3-10(16)8-13(9)21-14(23)20-11-4-6-12(7-5-11)22-15(17,18)19/h2-8H,1H3,(H2,20,21,23). The molecule has 0 fully saturated rings. The van der Waals surface area contributed by atoms with E-state index < -0.39 is 6.36 Å². The number of rotatable bonds is 3. The number of thiocarbonyl (C=S) groups is 1. The van der Waals surface area contributed by atoms with Gasteiger partial charge >= 0.3 is 6.36 Å². The van der Waals surface area contributed by atoms with E-state index in [2.05, 4.69) is 15.4 Å². The Morgan fingerprint density at radius 1 is 1.09 bits per heavy atom. The first-order chi connectivity index (χ1) is 10.7. The number of hydrogen-bond donors (Lipinski definition) is 2. The monoisotopic (exact) mass is 360 g/mol. The second-order valence-electron chi connectivity index (χ2n) is 4.61. The van der Waals surface area contributed by atoms with E-state index in [1.807, 2.05) is 13.0 Å². The molecule has 2 aromatic rings. The maximum atomic E-state index is 12.1. The van der Waals surface area contributed by atoms with E-state index in [1.54, 1.807) is 12.1 Å². The van der Waals surface area contributed by atoms with Gasteiger partial charge in [0.05, 0.1) is 0 Å². The zero-order valence-corrected chi connectivity index (χ0v) is 13.4. The maximum absolute atomic E-state index is 12.1. The molecule has 0 atom stereocenters. The number of alkyl halides is 3. The van der Waals surface area contributed by atoms with Gasteiger partial charge in [0.2, 0.25) is 0 Å². The largest absolute Gasteiger partial charge is 0.573 e. The first-order valence-electron chi connectivity index (χ1n) is 6.43. The van der Waals surface area contributed by atoms with Crippen molar-refractivity contribution < 1.29 is 17.9 Å². The van der Waals surface area contributed by atoms with Gasteiger partial charge in [0.1, 0.15) is 5.75 Å². The Bertz CT molecular complexity index is 705. The van der Waals surface area contributed by atoms with Gasteiger partial charge in [-0.15, -0.1) is 13.2 Å². The number of ether oxygens (including phenoxy) is 1. The van der Waals surface area contributed by atoms with Crippen LogP contribution in [0.1, 0.15) is 5.56 Å². The number of nitrogens with one attached hydrogen (secondary N) is 2. The van der Waals surface area contributed by atoms with E-state index in [0.717, 1.165) is 11.3 Å². The van der Waals surface area contributed by atoms with Gasteiger partial charge in [-0.25, -0.2) is 0 Å². The summed E-state index contributed by atoms with van der Waals surface area (Å²) in [4.78, 5) is 0. The molecule has 23 heavy (non-hydrogen) atoms. The zero-order valence-electron chi connectivity index (χ0n) is 11.9. The van der Waals surface area contributed by atoms with E-state index in [9.17, 15) is 13.2 Å². The first-order valence-corrected chi connectivity index (χ1v) is 7.21. The van der Waals surface area contributed by atoms with Crippen molar-refractivity contribution in [3.8, 4) is 5.75 Å². The van der Waals surface area contributed by atoms with Crippen LogP contribution in [0.5, 0.6) is 5.75 Å². The van der Waals surface area contributed by atoms with Crippen molar-refractivity contribution in [1.29, 1.82) is 0 Å². The normalized spacial score (nSPS) is 11.0. The third-order valence-corrected chi connectivity index (χ3v) is 3.23. The van der Waals surface area contributed by atoms with Crippen LogP contribution in [-0.4, -0.2) is 11.5 Å². The first kappa shape index (κ1) is 17.4. The topological polar surface area (TPSA) is 33.3 Å². The third kappa shape index (κ3) is 5.61. The van der Waals surface area contributed by atoms with Gasteiger partial charge in [-0.05, 0) is 61.1 Å². The Hall–Kier alpha value is -1.99. The molecule has 0 radical (unpaired) electrons. The number of aryl methyl sites for hydroxylation is 1. The number of anilines is 2. The molecule has 0 bridgehead atoms. The Labute approximate surface area is 141 Å². The van der Waals surface area contributed by atoms with Gasteiger partial charge < -0.3 is 15.4 Å². The van der Waals surface area contributed by atoms with Gasteiger partial charge in [-0.1, -0.05) is 17.7 Å². The van der Waals surface area contributed by atoms with Crippen molar-refractivity contribution in [2.75, 3.05) is 10.6 Å². The molecule has 2 N–H and O–H groups in total. The predicted molar refractivity (Wildman–Crippen MR) is 89.2 cm³/mol. The van der Waals surface area contributed by atoms with Crippen LogP contribution in [0.4, 0.5) is 24.5 Å². The Balaban J connectivity index is 1.99. The highest BCUT2D eigenvalue weighted by atomic mass is 35.5. The molecule has 0 aliphatic rings. The maximum Gasteiger partial charge on any atom is 0.573 e. The fourth-order valence-corrected chi connectivity index (χ4v) is 2.15. The second kappa shape index (κ2) is 7.06. The lowest BCUT2D eigenvalue weighted by Crippen LogP contribution is -2.20. The van der Waals surface area contributed by atoms with Crippen molar-refractivity contribution in [3.63, 3.8) is 0 Å². The minimum absolute atomic E-state index is 0.292. The molecule has 0 saturated carbocycles. The molecular weight excluding hydrogens is 349 g/mol. The highest BCUT2D eigenvalue weighted by Crippen LogP contribution is 2.24. The van der Waals surface area contributed by atoms with E-state index >= 15 is 0 Å². The Kier molecular flexibility index (Phi) is 5.33. The smallest absolute Gasteiger partial charge is 0.406 e. The molecule has 0 aliphatic carbocycles. The molecule has 0 saturated heterocycles. The van der Waals surface area contributed by atoms with Crippen molar-refractivity contribution >= 4 is 40.3 Å². The zero-order chi connectivity index (χ0) is 17.0. The average molecular weight is 361 g/mol. The molecule has 0 heterocycles. The highest BCUT2D eigenvalue weighted by molar-refractivity contribution is 7.80. The van der Waals surface area contributed by atoms with Crippen molar-refractivity contribution in [3.05, 3.63) is 53.1 Å². The van der Waals surface area contributed by atoms with Gasteiger partial charge in [0.15, 0.2) is 5.11 Å². The van der Waals surface area contributed by atoms with Crippen molar-refractivity contribution in [2.24, 2.45) is 0 Å².